The molecule has 0 bridgehead atoms. The standard InChI is InChI=1S/C8H16N2O4/c1-3-5(9)7(11)13-14-8(12)6(10)4-2/h5-6H,3-4,9-10H2,1-2H3. The highest BCUT2D eigenvalue weighted by molar-refractivity contribution is 5.78. The van der Waals surface area contributed by atoms with E-state index in [4.69, 9.17) is 11.5 Å². The van der Waals surface area contributed by atoms with E-state index >= 15 is 0 Å². The fourth-order valence-corrected chi connectivity index (χ4v) is 0.539. The molecule has 2 atom stereocenters. The third-order valence-electron chi connectivity index (χ3n) is 1.69. The maximum absolute atomic E-state index is 10.9. The average molecular weight is 204 g/mol. The molecule has 14 heavy (non-hydrogen) atoms. The molecular weight excluding hydrogens is 188 g/mol. The second kappa shape index (κ2) is 6.33. The van der Waals surface area contributed by atoms with Gasteiger partial charge in [-0.15, -0.1) is 0 Å². The highest BCUT2D eigenvalue weighted by atomic mass is 17.2. The lowest BCUT2D eigenvalue weighted by Crippen LogP contribution is -2.36. The van der Waals surface area contributed by atoms with E-state index in [1.807, 2.05) is 0 Å². The molecule has 2 unspecified atom stereocenters. The predicted octanol–water partition coefficient (Wildman–Crippen LogP) is -0.538. The van der Waals surface area contributed by atoms with Crippen LogP contribution < -0.4 is 11.5 Å². The fraction of sp³-hybridized carbons (Fsp3) is 0.750. The van der Waals surface area contributed by atoms with Gasteiger partial charge < -0.3 is 11.5 Å². The Morgan fingerprint density at radius 3 is 1.50 bits per heavy atom. The topological polar surface area (TPSA) is 105 Å². The van der Waals surface area contributed by atoms with Gasteiger partial charge in [0.15, 0.2) is 0 Å². The molecule has 0 rings (SSSR count). The molecule has 0 saturated carbocycles. The van der Waals surface area contributed by atoms with Gasteiger partial charge in [-0.25, -0.2) is 19.4 Å². The van der Waals surface area contributed by atoms with Crippen LogP contribution in [0.3, 0.4) is 0 Å². The first-order valence-corrected chi connectivity index (χ1v) is 4.46. The molecule has 0 aliphatic heterocycles. The first kappa shape index (κ1) is 12.9. The van der Waals surface area contributed by atoms with E-state index in [-0.39, 0.29) is 0 Å². The summed E-state index contributed by atoms with van der Waals surface area (Å²) in [4.78, 5) is 30.2. The Labute approximate surface area is 82.5 Å². The van der Waals surface area contributed by atoms with Crippen LogP contribution in [0.1, 0.15) is 26.7 Å². The summed E-state index contributed by atoms with van der Waals surface area (Å²) in [5.41, 5.74) is 10.6. The van der Waals surface area contributed by atoms with Gasteiger partial charge in [0, 0.05) is 0 Å². The number of carbonyl (C=O) groups excluding carboxylic acids is 2. The van der Waals surface area contributed by atoms with Crippen molar-refractivity contribution in [3.8, 4) is 0 Å². The molecule has 6 nitrogen and oxygen atoms in total. The van der Waals surface area contributed by atoms with Gasteiger partial charge >= 0.3 is 11.9 Å². The average Bonchev–Trinajstić information content (AvgIpc) is 2.22. The summed E-state index contributed by atoms with van der Waals surface area (Å²) in [6.07, 6.45) is 0.826. The van der Waals surface area contributed by atoms with E-state index in [1.54, 1.807) is 13.8 Å². The number of nitrogens with two attached hydrogens (primary N) is 2. The molecule has 0 aromatic heterocycles. The Hall–Kier alpha value is -1.14. The quantitative estimate of drug-likeness (QED) is 0.471. The monoisotopic (exact) mass is 204 g/mol. The summed E-state index contributed by atoms with van der Waals surface area (Å²) in [5.74, 6) is -1.55. The van der Waals surface area contributed by atoms with Crippen molar-refractivity contribution in [2.24, 2.45) is 11.5 Å². The van der Waals surface area contributed by atoms with E-state index < -0.39 is 24.0 Å². The van der Waals surface area contributed by atoms with Gasteiger partial charge in [-0.3, -0.25) is 0 Å². The largest absolute Gasteiger partial charge is 0.372 e. The second-order valence-electron chi connectivity index (χ2n) is 2.83. The van der Waals surface area contributed by atoms with Gasteiger partial charge in [0.05, 0.1) is 0 Å². The molecule has 0 aliphatic rings. The van der Waals surface area contributed by atoms with Crippen LogP contribution in [0.5, 0.6) is 0 Å². The molecule has 0 aliphatic carbocycles. The van der Waals surface area contributed by atoms with E-state index in [1.165, 1.54) is 0 Å². The third kappa shape index (κ3) is 4.20. The molecule has 0 aromatic carbocycles. The van der Waals surface area contributed by atoms with Crippen LogP contribution in [0.4, 0.5) is 0 Å². The Balaban J connectivity index is 3.83. The molecule has 0 fully saturated rings. The van der Waals surface area contributed by atoms with Crippen molar-refractivity contribution >= 4 is 11.9 Å². The second-order valence-corrected chi connectivity index (χ2v) is 2.83. The van der Waals surface area contributed by atoms with Crippen LogP contribution in [-0.4, -0.2) is 24.0 Å². The summed E-state index contributed by atoms with van der Waals surface area (Å²) in [6, 6.07) is -1.55. The molecular formula is C8H16N2O4. The van der Waals surface area contributed by atoms with Crippen molar-refractivity contribution in [2.75, 3.05) is 0 Å². The van der Waals surface area contributed by atoms with Gasteiger partial charge in [0.2, 0.25) is 0 Å². The predicted molar refractivity (Wildman–Crippen MR) is 48.7 cm³/mol. The van der Waals surface area contributed by atoms with Crippen LogP contribution in [0.2, 0.25) is 0 Å². The first-order chi connectivity index (χ1) is 6.52. The lowest BCUT2D eigenvalue weighted by molar-refractivity contribution is -0.261. The molecule has 82 valence electrons. The zero-order chi connectivity index (χ0) is 11.1. The van der Waals surface area contributed by atoms with Crippen molar-refractivity contribution in [3.63, 3.8) is 0 Å². The number of rotatable bonds is 4. The number of hydrogen-bond acceptors (Lipinski definition) is 6. The highest BCUT2D eigenvalue weighted by Crippen LogP contribution is 1.95. The summed E-state index contributed by atoms with van der Waals surface area (Å²) >= 11 is 0. The van der Waals surface area contributed by atoms with E-state index in [0.717, 1.165) is 0 Å². The number of carbonyl (C=O) groups is 2. The lowest BCUT2D eigenvalue weighted by Gasteiger charge is -2.09. The molecule has 0 aromatic rings. The van der Waals surface area contributed by atoms with Gasteiger partial charge in [0.25, 0.3) is 0 Å². The van der Waals surface area contributed by atoms with Crippen molar-refractivity contribution in [3.05, 3.63) is 0 Å². The smallest absolute Gasteiger partial charge is 0.318 e. The Bertz CT molecular complexity index is 186. The Kier molecular flexibility index (Phi) is 5.82. The maximum atomic E-state index is 10.9. The van der Waals surface area contributed by atoms with Gasteiger partial charge in [0.1, 0.15) is 12.1 Å². The maximum Gasteiger partial charge on any atom is 0.372 e. The zero-order valence-electron chi connectivity index (χ0n) is 8.36. The summed E-state index contributed by atoms with van der Waals surface area (Å²) in [6.45, 7) is 3.43. The summed E-state index contributed by atoms with van der Waals surface area (Å²) in [5, 5.41) is 0. The number of hydrogen-bond donors (Lipinski definition) is 2. The lowest BCUT2D eigenvalue weighted by atomic mass is 10.2. The zero-order valence-corrected chi connectivity index (χ0v) is 8.36. The van der Waals surface area contributed by atoms with Gasteiger partial charge in [-0.2, -0.15) is 0 Å². The van der Waals surface area contributed by atoms with Crippen molar-refractivity contribution in [1.29, 1.82) is 0 Å². The van der Waals surface area contributed by atoms with Crippen molar-refractivity contribution in [1.82, 2.24) is 0 Å². The first-order valence-electron chi connectivity index (χ1n) is 4.46. The third-order valence-corrected chi connectivity index (χ3v) is 1.69. The van der Waals surface area contributed by atoms with Crippen LogP contribution in [0.25, 0.3) is 0 Å². The van der Waals surface area contributed by atoms with Crippen molar-refractivity contribution in [2.45, 2.75) is 38.8 Å². The molecule has 6 heteroatoms. The SMILES string of the molecule is CCC(N)C(=O)OOC(=O)C(N)CC. The molecule has 0 spiro atoms. The molecule has 0 saturated heterocycles. The van der Waals surface area contributed by atoms with Gasteiger partial charge in [-0.1, -0.05) is 13.8 Å². The van der Waals surface area contributed by atoms with E-state index in [0.29, 0.717) is 12.8 Å². The minimum Gasteiger partial charge on any atom is -0.318 e. The summed E-state index contributed by atoms with van der Waals surface area (Å²) < 4.78 is 0. The summed E-state index contributed by atoms with van der Waals surface area (Å²) in [7, 11) is 0. The minimum absolute atomic E-state index is 0.413. The van der Waals surface area contributed by atoms with Crippen LogP contribution in [-0.2, 0) is 19.4 Å². The van der Waals surface area contributed by atoms with Crippen LogP contribution in [0, 0.1) is 0 Å². The molecule has 4 N–H and O–H groups in total. The van der Waals surface area contributed by atoms with Crippen LogP contribution >= 0.6 is 0 Å². The van der Waals surface area contributed by atoms with Crippen molar-refractivity contribution < 1.29 is 19.4 Å². The molecule has 0 heterocycles. The van der Waals surface area contributed by atoms with E-state index in [9.17, 15) is 9.59 Å². The fourth-order valence-electron chi connectivity index (χ4n) is 0.539. The van der Waals surface area contributed by atoms with E-state index in [2.05, 4.69) is 9.78 Å². The van der Waals surface area contributed by atoms with Gasteiger partial charge in [-0.05, 0) is 12.8 Å². The van der Waals surface area contributed by atoms with Crippen LogP contribution in [0.15, 0.2) is 0 Å². The normalized spacial score (nSPS) is 14.3. The highest BCUT2D eigenvalue weighted by Gasteiger charge is 2.19. The Morgan fingerprint density at radius 2 is 1.29 bits per heavy atom. The molecule has 0 radical (unpaired) electrons. The minimum atomic E-state index is -0.777. The molecule has 0 amide bonds. The Morgan fingerprint density at radius 1 is 1.00 bits per heavy atom.